The summed E-state index contributed by atoms with van der Waals surface area (Å²) in [6.07, 6.45) is 5.55. The zero-order chi connectivity index (χ0) is 16.4. The maximum Gasteiger partial charge on any atom is 0.256 e. The van der Waals surface area contributed by atoms with E-state index in [1.165, 1.54) is 12.1 Å². The number of H-pyrrole nitrogens is 1. The average Bonchev–Trinajstić information content (AvgIpc) is 3.04. The Labute approximate surface area is 135 Å². The Morgan fingerprint density at radius 2 is 2.09 bits per heavy atom. The molecule has 5 heteroatoms. The number of hydrogen-bond donors (Lipinski definition) is 2. The van der Waals surface area contributed by atoms with Crippen molar-refractivity contribution in [2.24, 2.45) is 11.7 Å². The van der Waals surface area contributed by atoms with Crippen LogP contribution >= 0.6 is 0 Å². The summed E-state index contributed by atoms with van der Waals surface area (Å²) in [6.45, 7) is 3.46. The van der Waals surface area contributed by atoms with Crippen LogP contribution in [0.5, 0.6) is 0 Å². The first-order chi connectivity index (χ1) is 11.1. The topological polar surface area (TPSA) is 62.1 Å². The molecule has 2 heterocycles. The maximum atomic E-state index is 13.1. The van der Waals surface area contributed by atoms with E-state index in [2.05, 4.69) is 4.98 Å². The van der Waals surface area contributed by atoms with E-state index in [0.717, 1.165) is 30.5 Å². The van der Waals surface area contributed by atoms with E-state index < -0.39 is 0 Å². The minimum Gasteiger partial charge on any atom is -0.366 e. The number of benzene rings is 1. The van der Waals surface area contributed by atoms with E-state index in [-0.39, 0.29) is 17.8 Å². The molecule has 2 aromatic rings. The van der Waals surface area contributed by atoms with Crippen molar-refractivity contribution in [2.45, 2.75) is 25.8 Å². The lowest BCUT2D eigenvalue weighted by Gasteiger charge is -2.34. The first kappa shape index (κ1) is 15.7. The lowest BCUT2D eigenvalue weighted by molar-refractivity contribution is 0.0662. The van der Waals surface area contributed by atoms with Crippen molar-refractivity contribution in [1.82, 2.24) is 9.88 Å². The van der Waals surface area contributed by atoms with Gasteiger partial charge in [-0.1, -0.05) is 12.1 Å². The number of aromatic amines is 1. The van der Waals surface area contributed by atoms with Crippen LogP contribution in [0, 0.1) is 11.7 Å². The van der Waals surface area contributed by atoms with Crippen LogP contribution in [-0.4, -0.2) is 34.9 Å². The molecule has 1 aromatic carbocycles. The molecule has 0 aliphatic carbocycles. The number of halogens is 1. The molecule has 1 fully saturated rings. The zero-order valence-corrected chi connectivity index (χ0v) is 13.3. The molecule has 0 radical (unpaired) electrons. The van der Waals surface area contributed by atoms with Gasteiger partial charge in [-0.3, -0.25) is 4.79 Å². The number of rotatable bonds is 3. The Hall–Kier alpha value is -2.14. The summed E-state index contributed by atoms with van der Waals surface area (Å²) in [5.74, 6) is 0.0739. The minimum absolute atomic E-state index is 0.0101. The average molecular weight is 315 g/mol. The normalized spacial score (nSPS) is 19.6. The third kappa shape index (κ3) is 3.29. The number of nitrogens with zero attached hydrogens (tertiary/aromatic N) is 1. The molecular weight excluding hydrogens is 293 g/mol. The van der Waals surface area contributed by atoms with Gasteiger partial charge in [-0.15, -0.1) is 0 Å². The van der Waals surface area contributed by atoms with Crippen molar-refractivity contribution in [3.05, 3.63) is 48.0 Å². The second-order valence-electron chi connectivity index (χ2n) is 6.30. The largest absolute Gasteiger partial charge is 0.366 e. The first-order valence-electron chi connectivity index (χ1n) is 8.04. The minimum atomic E-state index is -0.284. The summed E-state index contributed by atoms with van der Waals surface area (Å²) >= 11 is 0. The van der Waals surface area contributed by atoms with Gasteiger partial charge in [-0.25, -0.2) is 4.39 Å². The molecule has 3 N–H and O–H groups in total. The highest BCUT2D eigenvalue weighted by atomic mass is 19.1. The van der Waals surface area contributed by atoms with Gasteiger partial charge in [-0.2, -0.15) is 0 Å². The molecule has 0 saturated carbocycles. The summed E-state index contributed by atoms with van der Waals surface area (Å²) in [5.41, 5.74) is 8.26. The fourth-order valence-electron chi connectivity index (χ4n) is 3.20. The van der Waals surface area contributed by atoms with E-state index in [1.807, 2.05) is 11.8 Å². The molecule has 1 aliphatic rings. The number of carbonyl (C=O) groups is 1. The third-order valence-corrected chi connectivity index (χ3v) is 4.62. The standard InChI is InChI=1S/C18H22FN3O/c1-12(20)14-3-2-8-22(11-14)18(23)17-10-21-9-16(17)13-4-6-15(19)7-5-13/h4-7,9-10,12,14,21H,2-3,8,11,20H2,1H3. The molecule has 1 aliphatic heterocycles. The SMILES string of the molecule is CC(N)C1CCCN(C(=O)c2c[nH]cc2-c2ccc(F)cc2)C1. The van der Waals surface area contributed by atoms with E-state index in [0.29, 0.717) is 18.0 Å². The molecule has 1 aromatic heterocycles. The molecule has 23 heavy (non-hydrogen) atoms. The zero-order valence-electron chi connectivity index (χ0n) is 13.3. The van der Waals surface area contributed by atoms with Crippen LogP contribution < -0.4 is 5.73 Å². The summed E-state index contributed by atoms with van der Waals surface area (Å²) in [6, 6.07) is 6.29. The molecular formula is C18H22FN3O. The van der Waals surface area contributed by atoms with E-state index in [1.54, 1.807) is 24.5 Å². The quantitative estimate of drug-likeness (QED) is 0.914. The highest BCUT2D eigenvalue weighted by Gasteiger charge is 2.28. The summed E-state index contributed by atoms with van der Waals surface area (Å²) < 4.78 is 13.1. The first-order valence-corrected chi connectivity index (χ1v) is 8.04. The number of likely N-dealkylation sites (tertiary alicyclic amines) is 1. The van der Waals surface area contributed by atoms with Crippen molar-refractivity contribution < 1.29 is 9.18 Å². The van der Waals surface area contributed by atoms with E-state index in [9.17, 15) is 9.18 Å². The van der Waals surface area contributed by atoms with Gasteiger partial charge in [0, 0.05) is 37.1 Å². The monoisotopic (exact) mass is 315 g/mol. The number of piperidine rings is 1. The Kier molecular flexibility index (Phi) is 4.48. The number of hydrogen-bond acceptors (Lipinski definition) is 2. The smallest absolute Gasteiger partial charge is 0.256 e. The van der Waals surface area contributed by atoms with Gasteiger partial charge in [0.15, 0.2) is 0 Å². The summed E-state index contributed by atoms with van der Waals surface area (Å²) in [5, 5.41) is 0. The fourth-order valence-corrected chi connectivity index (χ4v) is 3.20. The van der Waals surface area contributed by atoms with Gasteiger partial charge < -0.3 is 15.6 Å². The van der Waals surface area contributed by atoms with Crippen LogP contribution in [0.25, 0.3) is 11.1 Å². The Bertz CT molecular complexity index is 678. The maximum absolute atomic E-state index is 13.1. The van der Waals surface area contributed by atoms with Crippen molar-refractivity contribution >= 4 is 5.91 Å². The lowest BCUT2D eigenvalue weighted by atomic mass is 9.91. The van der Waals surface area contributed by atoms with Gasteiger partial charge in [0.1, 0.15) is 5.82 Å². The van der Waals surface area contributed by atoms with Crippen molar-refractivity contribution in [3.8, 4) is 11.1 Å². The number of aromatic nitrogens is 1. The molecule has 1 saturated heterocycles. The highest BCUT2D eigenvalue weighted by Crippen LogP contribution is 2.27. The van der Waals surface area contributed by atoms with Crippen LogP contribution in [0.3, 0.4) is 0 Å². The number of amides is 1. The number of carbonyl (C=O) groups excluding carboxylic acids is 1. The van der Waals surface area contributed by atoms with Gasteiger partial charge in [-0.05, 0) is 43.4 Å². The van der Waals surface area contributed by atoms with Gasteiger partial charge in [0.2, 0.25) is 0 Å². The number of nitrogens with two attached hydrogens (primary N) is 1. The van der Waals surface area contributed by atoms with Crippen LogP contribution in [0.2, 0.25) is 0 Å². The summed E-state index contributed by atoms with van der Waals surface area (Å²) in [7, 11) is 0. The molecule has 3 rings (SSSR count). The van der Waals surface area contributed by atoms with Crippen LogP contribution in [0.4, 0.5) is 4.39 Å². The molecule has 1 amide bonds. The van der Waals surface area contributed by atoms with Crippen LogP contribution in [-0.2, 0) is 0 Å². The lowest BCUT2D eigenvalue weighted by Crippen LogP contribution is -2.45. The third-order valence-electron chi connectivity index (χ3n) is 4.62. The van der Waals surface area contributed by atoms with E-state index >= 15 is 0 Å². The molecule has 0 spiro atoms. The molecule has 4 nitrogen and oxygen atoms in total. The molecule has 2 atom stereocenters. The Morgan fingerprint density at radius 1 is 1.35 bits per heavy atom. The second kappa shape index (κ2) is 6.54. The van der Waals surface area contributed by atoms with Gasteiger partial charge in [0.25, 0.3) is 5.91 Å². The Balaban J connectivity index is 1.83. The van der Waals surface area contributed by atoms with Crippen LogP contribution in [0.15, 0.2) is 36.7 Å². The van der Waals surface area contributed by atoms with Gasteiger partial charge in [0.05, 0.1) is 5.56 Å². The van der Waals surface area contributed by atoms with E-state index in [4.69, 9.17) is 5.73 Å². The fraction of sp³-hybridized carbons (Fsp3) is 0.389. The van der Waals surface area contributed by atoms with Crippen molar-refractivity contribution in [3.63, 3.8) is 0 Å². The molecule has 122 valence electrons. The van der Waals surface area contributed by atoms with Crippen molar-refractivity contribution in [1.29, 1.82) is 0 Å². The van der Waals surface area contributed by atoms with Crippen molar-refractivity contribution in [2.75, 3.05) is 13.1 Å². The van der Waals surface area contributed by atoms with Crippen LogP contribution in [0.1, 0.15) is 30.1 Å². The second-order valence-corrected chi connectivity index (χ2v) is 6.30. The Morgan fingerprint density at radius 3 is 2.78 bits per heavy atom. The summed E-state index contributed by atoms with van der Waals surface area (Å²) in [4.78, 5) is 17.8. The molecule has 2 unspecified atom stereocenters. The molecule has 0 bridgehead atoms. The highest BCUT2D eigenvalue weighted by molar-refractivity contribution is 6.00. The number of nitrogens with one attached hydrogen (secondary N) is 1. The predicted molar refractivity (Wildman–Crippen MR) is 88.5 cm³/mol. The van der Waals surface area contributed by atoms with Gasteiger partial charge >= 0.3 is 0 Å². The predicted octanol–water partition coefficient (Wildman–Crippen LogP) is 3.02.